The zero-order chi connectivity index (χ0) is 19.3. The van der Waals surface area contributed by atoms with Crippen molar-refractivity contribution in [2.24, 2.45) is 0 Å². The fraction of sp³-hybridized carbons (Fsp3) is 0.400. The molecule has 0 unspecified atom stereocenters. The maximum atomic E-state index is 12.3. The maximum absolute atomic E-state index is 12.3. The summed E-state index contributed by atoms with van der Waals surface area (Å²) in [6.45, 7) is 4.66. The van der Waals surface area contributed by atoms with Gasteiger partial charge in [0.2, 0.25) is 0 Å². The molecule has 1 aromatic heterocycles. The lowest BCUT2D eigenvalue weighted by atomic mass is 10.1. The fourth-order valence-corrected chi connectivity index (χ4v) is 2.64. The normalized spacial score (nSPS) is 15.9. The summed E-state index contributed by atoms with van der Waals surface area (Å²) >= 11 is 0. The van der Waals surface area contributed by atoms with Gasteiger partial charge in [0.05, 0.1) is 17.7 Å². The number of benzene rings is 1. The molecular formula is C20H25N3O4. The quantitative estimate of drug-likeness (QED) is 0.691. The molecule has 7 nitrogen and oxygen atoms in total. The third-order valence-corrected chi connectivity index (χ3v) is 4.21. The number of fused-ring (bicyclic) bond motifs is 1. The van der Waals surface area contributed by atoms with Gasteiger partial charge in [-0.3, -0.25) is 4.79 Å². The van der Waals surface area contributed by atoms with Gasteiger partial charge in [0.15, 0.2) is 11.5 Å². The van der Waals surface area contributed by atoms with Gasteiger partial charge in [-0.05, 0) is 38.1 Å². The van der Waals surface area contributed by atoms with Crippen LogP contribution in [0.2, 0.25) is 0 Å². The van der Waals surface area contributed by atoms with Gasteiger partial charge >= 0.3 is 0 Å². The lowest BCUT2D eigenvalue weighted by molar-refractivity contribution is 0.0812. The van der Waals surface area contributed by atoms with Gasteiger partial charge in [-0.15, -0.1) is 0 Å². The van der Waals surface area contributed by atoms with Crippen LogP contribution in [0, 0.1) is 0 Å². The van der Waals surface area contributed by atoms with Crippen molar-refractivity contribution in [1.82, 2.24) is 10.3 Å². The molecule has 1 atom stereocenters. The first-order valence-electron chi connectivity index (χ1n) is 8.99. The predicted octanol–water partition coefficient (Wildman–Crippen LogP) is 2.22. The molecule has 144 valence electrons. The van der Waals surface area contributed by atoms with Crippen LogP contribution in [0.1, 0.15) is 30.6 Å². The van der Waals surface area contributed by atoms with Gasteiger partial charge in [0, 0.05) is 19.2 Å². The molecule has 7 heteroatoms. The molecule has 0 bridgehead atoms. The third kappa shape index (κ3) is 5.10. The summed E-state index contributed by atoms with van der Waals surface area (Å²) in [5.41, 5.74) is 0.00536. The first kappa shape index (κ1) is 19.0. The van der Waals surface area contributed by atoms with Crippen LogP contribution < -0.4 is 20.1 Å². The SMILES string of the molecule is CC(C)(CO)Nc1ccc(C(=O)NCC[C@@H]2COc3ccccc3O2)cn1. The number of anilines is 1. The predicted molar refractivity (Wildman–Crippen MR) is 102 cm³/mol. The molecule has 27 heavy (non-hydrogen) atoms. The third-order valence-electron chi connectivity index (χ3n) is 4.21. The van der Waals surface area contributed by atoms with Crippen molar-refractivity contribution in [2.75, 3.05) is 25.1 Å². The van der Waals surface area contributed by atoms with Gasteiger partial charge in [-0.2, -0.15) is 0 Å². The number of nitrogens with one attached hydrogen (secondary N) is 2. The number of aromatic nitrogens is 1. The maximum Gasteiger partial charge on any atom is 0.252 e. The average Bonchev–Trinajstić information content (AvgIpc) is 2.68. The molecule has 0 radical (unpaired) electrons. The van der Waals surface area contributed by atoms with Gasteiger partial charge in [0.25, 0.3) is 5.91 Å². The van der Waals surface area contributed by atoms with E-state index >= 15 is 0 Å². The van der Waals surface area contributed by atoms with Crippen molar-refractivity contribution >= 4 is 11.7 Å². The van der Waals surface area contributed by atoms with Crippen LogP contribution >= 0.6 is 0 Å². The Labute approximate surface area is 158 Å². The number of pyridine rings is 1. The standard InChI is InChI=1S/C20H25N3O4/c1-20(2,13-24)23-18-8-7-14(11-22-18)19(25)21-10-9-15-12-26-16-5-3-4-6-17(16)27-15/h3-8,11,15,24H,9-10,12-13H2,1-2H3,(H,21,25)(H,22,23)/t15-/m1/s1. The van der Waals surface area contributed by atoms with Crippen molar-refractivity contribution in [1.29, 1.82) is 0 Å². The molecule has 3 N–H and O–H groups in total. The smallest absolute Gasteiger partial charge is 0.252 e. The Morgan fingerprint density at radius 2 is 2.04 bits per heavy atom. The van der Waals surface area contributed by atoms with E-state index in [2.05, 4.69) is 15.6 Å². The highest BCUT2D eigenvalue weighted by Gasteiger charge is 2.20. The number of aliphatic hydroxyl groups excluding tert-OH is 1. The fourth-order valence-electron chi connectivity index (χ4n) is 2.64. The van der Waals surface area contributed by atoms with Crippen molar-refractivity contribution in [2.45, 2.75) is 31.9 Å². The number of amides is 1. The first-order chi connectivity index (χ1) is 13.0. The van der Waals surface area contributed by atoms with E-state index in [4.69, 9.17) is 9.47 Å². The Hall–Kier alpha value is -2.80. The van der Waals surface area contributed by atoms with Crippen LogP contribution in [0.25, 0.3) is 0 Å². The van der Waals surface area contributed by atoms with Gasteiger partial charge in [-0.25, -0.2) is 4.98 Å². The molecule has 0 saturated heterocycles. The lowest BCUT2D eigenvalue weighted by Crippen LogP contribution is -2.35. The van der Waals surface area contributed by atoms with E-state index in [-0.39, 0.29) is 18.6 Å². The van der Waals surface area contributed by atoms with Crippen molar-refractivity contribution in [3.63, 3.8) is 0 Å². The Bertz CT molecular complexity index is 777. The number of carbonyl (C=O) groups is 1. The summed E-state index contributed by atoms with van der Waals surface area (Å²) in [7, 11) is 0. The van der Waals surface area contributed by atoms with Crippen LogP contribution in [0.5, 0.6) is 11.5 Å². The summed E-state index contributed by atoms with van der Waals surface area (Å²) in [6.07, 6.45) is 2.07. The van der Waals surface area contributed by atoms with Gasteiger partial charge in [0.1, 0.15) is 18.5 Å². The molecule has 0 aliphatic carbocycles. The van der Waals surface area contributed by atoms with E-state index in [1.54, 1.807) is 12.1 Å². The largest absolute Gasteiger partial charge is 0.486 e. The molecular weight excluding hydrogens is 346 g/mol. The number of aliphatic hydroxyl groups is 1. The first-order valence-corrected chi connectivity index (χ1v) is 8.99. The molecule has 1 aliphatic rings. The molecule has 1 amide bonds. The van der Waals surface area contributed by atoms with Crippen LogP contribution in [-0.4, -0.2) is 47.4 Å². The summed E-state index contributed by atoms with van der Waals surface area (Å²) < 4.78 is 11.5. The molecule has 0 spiro atoms. The van der Waals surface area contributed by atoms with Crippen molar-refractivity contribution in [3.8, 4) is 11.5 Å². The minimum absolute atomic E-state index is 0.0195. The number of carbonyl (C=O) groups excluding carboxylic acids is 1. The van der Waals surface area contributed by atoms with E-state index in [0.29, 0.717) is 31.0 Å². The Kier molecular flexibility index (Phi) is 5.81. The molecule has 2 heterocycles. The number of hydrogen-bond donors (Lipinski definition) is 3. The summed E-state index contributed by atoms with van der Waals surface area (Å²) in [4.78, 5) is 16.5. The zero-order valence-corrected chi connectivity index (χ0v) is 15.6. The number of ether oxygens (including phenoxy) is 2. The number of hydrogen-bond acceptors (Lipinski definition) is 6. The van der Waals surface area contributed by atoms with Crippen LogP contribution in [0.4, 0.5) is 5.82 Å². The topological polar surface area (TPSA) is 92.7 Å². The van der Waals surface area contributed by atoms with Crippen LogP contribution in [0.15, 0.2) is 42.6 Å². The van der Waals surface area contributed by atoms with E-state index in [1.165, 1.54) is 6.20 Å². The molecule has 1 aliphatic heterocycles. The number of nitrogens with zero attached hydrogens (tertiary/aromatic N) is 1. The second-order valence-corrected chi connectivity index (χ2v) is 7.14. The van der Waals surface area contributed by atoms with Crippen molar-refractivity contribution in [3.05, 3.63) is 48.2 Å². The lowest BCUT2D eigenvalue weighted by Gasteiger charge is -2.26. The van der Waals surface area contributed by atoms with Crippen LogP contribution in [0.3, 0.4) is 0 Å². The minimum Gasteiger partial charge on any atom is -0.486 e. The summed E-state index contributed by atoms with van der Waals surface area (Å²) in [6, 6.07) is 11.0. The van der Waals surface area contributed by atoms with Crippen LogP contribution in [-0.2, 0) is 0 Å². The van der Waals surface area contributed by atoms with E-state index in [9.17, 15) is 9.90 Å². The van der Waals surface area contributed by atoms with E-state index in [0.717, 1.165) is 11.5 Å². The molecule has 3 rings (SSSR count). The Balaban J connectivity index is 1.46. The number of rotatable bonds is 7. The average molecular weight is 371 g/mol. The second-order valence-electron chi connectivity index (χ2n) is 7.14. The molecule has 0 fully saturated rings. The highest BCUT2D eigenvalue weighted by Crippen LogP contribution is 2.31. The van der Waals surface area contributed by atoms with E-state index < -0.39 is 5.54 Å². The minimum atomic E-state index is -0.475. The van der Waals surface area contributed by atoms with Gasteiger partial charge < -0.3 is 25.2 Å². The zero-order valence-electron chi connectivity index (χ0n) is 15.6. The highest BCUT2D eigenvalue weighted by atomic mass is 16.6. The Morgan fingerprint density at radius 1 is 1.26 bits per heavy atom. The Morgan fingerprint density at radius 3 is 2.74 bits per heavy atom. The van der Waals surface area contributed by atoms with Crippen molar-refractivity contribution < 1.29 is 19.4 Å². The van der Waals surface area contributed by atoms with E-state index in [1.807, 2.05) is 38.1 Å². The molecule has 2 aromatic rings. The highest BCUT2D eigenvalue weighted by molar-refractivity contribution is 5.94. The summed E-state index contributed by atoms with van der Waals surface area (Å²) in [5, 5.41) is 15.3. The second kappa shape index (κ2) is 8.26. The number of para-hydroxylation sites is 2. The summed E-state index contributed by atoms with van der Waals surface area (Å²) in [5.74, 6) is 1.91. The van der Waals surface area contributed by atoms with Gasteiger partial charge in [-0.1, -0.05) is 12.1 Å². The molecule has 0 saturated carbocycles. The monoisotopic (exact) mass is 371 g/mol. The molecule has 1 aromatic carbocycles.